The van der Waals surface area contributed by atoms with Crippen molar-refractivity contribution in [3.05, 3.63) is 48.3 Å². The van der Waals surface area contributed by atoms with E-state index in [-0.39, 0.29) is 17.9 Å². The molecule has 1 saturated heterocycles. The number of amides is 2. The molecule has 1 aliphatic rings. The van der Waals surface area contributed by atoms with Crippen LogP contribution in [0.3, 0.4) is 0 Å². The number of piperazine rings is 1. The van der Waals surface area contributed by atoms with E-state index in [9.17, 15) is 9.59 Å². The Morgan fingerprint density at radius 3 is 2.25 bits per heavy atom. The van der Waals surface area contributed by atoms with E-state index in [0.717, 1.165) is 24.5 Å². The molecule has 0 radical (unpaired) electrons. The molecule has 0 atom stereocenters. The molecular weight excluding hydrogens is 356 g/mol. The summed E-state index contributed by atoms with van der Waals surface area (Å²) in [4.78, 5) is 32.1. The summed E-state index contributed by atoms with van der Waals surface area (Å²) in [6, 6.07) is 10.9. The van der Waals surface area contributed by atoms with Gasteiger partial charge in [-0.05, 0) is 50.2 Å². The second kappa shape index (κ2) is 8.73. The quantitative estimate of drug-likeness (QED) is 0.861. The number of carbonyl (C=O) groups excluding carboxylic acids is 2. The monoisotopic (exact) mass is 382 g/mol. The van der Waals surface area contributed by atoms with Gasteiger partial charge in [-0.2, -0.15) is 0 Å². The van der Waals surface area contributed by atoms with E-state index >= 15 is 0 Å². The number of rotatable bonds is 5. The summed E-state index contributed by atoms with van der Waals surface area (Å²) >= 11 is 0. The van der Waals surface area contributed by atoms with Gasteiger partial charge in [0.05, 0.1) is 18.0 Å². The molecule has 0 unspecified atom stereocenters. The molecule has 0 aliphatic carbocycles. The molecule has 28 heavy (non-hydrogen) atoms. The fraction of sp³-hybridized carbons (Fsp3) is 0.381. The number of hydrogen-bond acceptors (Lipinski definition) is 5. The predicted molar refractivity (Wildman–Crippen MR) is 109 cm³/mol. The average molecular weight is 382 g/mol. The predicted octanol–water partition coefficient (Wildman–Crippen LogP) is 2.79. The third-order valence-electron chi connectivity index (χ3n) is 4.55. The van der Waals surface area contributed by atoms with Gasteiger partial charge in [-0.3, -0.25) is 9.59 Å². The van der Waals surface area contributed by atoms with Gasteiger partial charge in [0.1, 0.15) is 11.4 Å². The normalized spacial score (nSPS) is 14.1. The van der Waals surface area contributed by atoms with Gasteiger partial charge in [0.15, 0.2) is 0 Å². The molecule has 7 nitrogen and oxygen atoms in total. The molecule has 0 bridgehead atoms. The van der Waals surface area contributed by atoms with E-state index in [1.165, 1.54) is 0 Å². The zero-order valence-electron chi connectivity index (χ0n) is 16.5. The number of aromatic nitrogens is 1. The van der Waals surface area contributed by atoms with Crippen molar-refractivity contribution in [1.82, 2.24) is 9.88 Å². The van der Waals surface area contributed by atoms with E-state index in [0.29, 0.717) is 24.5 Å². The molecule has 1 fully saturated rings. The van der Waals surface area contributed by atoms with Crippen molar-refractivity contribution < 1.29 is 14.3 Å². The van der Waals surface area contributed by atoms with Crippen LogP contribution < -0.4 is 15.0 Å². The second-order valence-corrected chi connectivity index (χ2v) is 7.04. The average Bonchev–Trinajstić information content (AvgIpc) is 2.69. The first-order chi connectivity index (χ1) is 13.4. The molecule has 1 aliphatic heterocycles. The van der Waals surface area contributed by atoms with Crippen molar-refractivity contribution in [2.45, 2.75) is 26.9 Å². The first-order valence-electron chi connectivity index (χ1n) is 9.47. The van der Waals surface area contributed by atoms with Crippen LogP contribution in [0, 0.1) is 0 Å². The lowest BCUT2D eigenvalue weighted by molar-refractivity contribution is -0.129. The summed E-state index contributed by atoms with van der Waals surface area (Å²) in [6.45, 7) is 8.45. The molecule has 7 heteroatoms. The molecule has 2 amide bonds. The molecule has 148 valence electrons. The molecule has 0 spiro atoms. The summed E-state index contributed by atoms with van der Waals surface area (Å²) in [5.41, 5.74) is 2.00. The summed E-state index contributed by atoms with van der Waals surface area (Å²) < 4.78 is 5.60. The Morgan fingerprint density at radius 2 is 1.71 bits per heavy atom. The van der Waals surface area contributed by atoms with E-state index in [1.807, 2.05) is 36.9 Å². The third-order valence-corrected chi connectivity index (χ3v) is 4.55. The zero-order valence-corrected chi connectivity index (χ0v) is 16.5. The van der Waals surface area contributed by atoms with Crippen LogP contribution in [0.25, 0.3) is 0 Å². The maximum atomic E-state index is 12.4. The molecule has 2 aromatic rings. The molecule has 1 aromatic heterocycles. The molecular formula is C21H26N4O3. The summed E-state index contributed by atoms with van der Waals surface area (Å²) in [7, 11) is 0. The van der Waals surface area contributed by atoms with Gasteiger partial charge in [-0.25, -0.2) is 4.98 Å². The first-order valence-corrected chi connectivity index (χ1v) is 9.47. The standard InChI is InChI=1S/C21H26N4O3/c1-15(2)28-19-7-4-17(5-8-19)23-21(27)20-9-6-18(14-22-20)25-12-10-24(11-13-25)16(3)26/h4-9,14-15H,10-13H2,1-3H3,(H,23,27). The molecule has 1 N–H and O–H groups in total. The molecule has 1 aromatic carbocycles. The number of anilines is 2. The highest BCUT2D eigenvalue weighted by Gasteiger charge is 2.19. The highest BCUT2D eigenvalue weighted by Crippen LogP contribution is 2.19. The van der Waals surface area contributed by atoms with Crippen molar-refractivity contribution in [2.75, 3.05) is 36.4 Å². The van der Waals surface area contributed by atoms with Gasteiger partial charge in [0.25, 0.3) is 5.91 Å². The topological polar surface area (TPSA) is 74.8 Å². The van der Waals surface area contributed by atoms with Gasteiger partial charge in [0, 0.05) is 38.8 Å². The maximum Gasteiger partial charge on any atom is 0.274 e. The lowest BCUT2D eigenvalue weighted by atomic mass is 10.2. The Balaban J connectivity index is 1.57. The molecule has 2 heterocycles. The van der Waals surface area contributed by atoms with Crippen LogP contribution in [0.1, 0.15) is 31.3 Å². The second-order valence-electron chi connectivity index (χ2n) is 7.04. The summed E-state index contributed by atoms with van der Waals surface area (Å²) in [5.74, 6) is 0.611. The number of pyridine rings is 1. The first kappa shape index (κ1) is 19.7. The zero-order chi connectivity index (χ0) is 20.1. The van der Waals surface area contributed by atoms with E-state index in [2.05, 4.69) is 15.2 Å². The Labute approximate surface area is 165 Å². The maximum absolute atomic E-state index is 12.4. The number of benzene rings is 1. The summed E-state index contributed by atoms with van der Waals surface area (Å²) in [5, 5.41) is 2.84. The highest BCUT2D eigenvalue weighted by molar-refractivity contribution is 6.02. The van der Waals surface area contributed by atoms with Crippen LogP contribution in [-0.2, 0) is 4.79 Å². The van der Waals surface area contributed by atoms with Crippen LogP contribution in [0.4, 0.5) is 11.4 Å². The van der Waals surface area contributed by atoms with Gasteiger partial charge < -0.3 is 19.9 Å². The Hall–Kier alpha value is -3.09. The smallest absolute Gasteiger partial charge is 0.274 e. The van der Waals surface area contributed by atoms with Crippen LogP contribution in [0.15, 0.2) is 42.6 Å². The fourth-order valence-corrected chi connectivity index (χ4v) is 3.07. The molecule has 0 saturated carbocycles. The van der Waals surface area contributed by atoms with Crippen molar-refractivity contribution in [3.8, 4) is 5.75 Å². The van der Waals surface area contributed by atoms with Gasteiger partial charge in [-0.15, -0.1) is 0 Å². The Kier molecular flexibility index (Phi) is 6.13. The molecule has 3 rings (SSSR count). The van der Waals surface area contributed by atoms with Gasteiger partial charge in [-0.1, -0.05) is 0 Å². The highest BCUT2D eigenvalue weighted by atomic mass is 16.5. The largest absolute Gasteiger partial charge is 0.491 e. The summed E-state index contributed by atoms with van der Waals surface area (Å²) in [6.07, 6.45) is 1.81. The van der Waals surface area contributed by atoms with Crippen LogP contribution in [-0.4, -0.2) is 54.0 Å². The number of ether oxygens (including phenoxy) is 1. The number of nitrogens with zero attached hydrogens (tertiary/aromatic N) is 3. The van der Waals surface area contributed by atoms with Crippen LogP contribution in [0.2, 0.25) is 0 Å². The number of nitrogens with one attached hydrogen (secondary N) is 1. The fourth-order valence-electron chi connectivity index (χ4n) is 3.07. The van der Waals surface area contributed by atoms with Gasteiger partial charge >= 0.3 is 0 Å². The Bertz CT molecular complexity index is 811. The number of hydrogen-bond donors (Lipinski definition) is 1. The van der Waals surface area contributed by atoms with Crippen molar-refractivity contribution >= 4 is 23.2 Å². The van der Waals surface area contributed by atoms with Gasteiger partial charge in [0.2, 0.25) is 5.91 Å². The number of carbonyl (C=O) groups is 2. The van der Waals surface area contributed by atoms with Crippen molar-refractivity contribution in [2.24, 2.45) is 0 Å². The lowest BCUT2D eigenvalue weighted by Gasteiger charge is -2.35. The van der Waals surface area contributed by atoms with Crippen LogP contribution >= 0.6 is 0 Å². The minimum Gasteiger partial charge on any atom is -0.491 e. The van der Waals surface area contributed by atoms with Crippen LogP contribution in [0.5, 0.6) is 5.75 Å². The van der Waals surface area contributed by atoms with E-state index in [1.54, 1.807) is 31.3 Å². The van der Waals surface area contributed by atoms with E-state index < -0.39 is 0 Å². The lowest BCUT2D eigenvalue weighted by Crippen LogP contribution is -2.48. The van der Waals surface area contributed by atoms with Crippen molar-refractivity contribution in [3.63, 3.8) is 0 Å². The van der Waals surface area contributed by atoms with Crippen molar-refractivity contribution in [1.29, 1.82) is 0 Å². The minimum absolute atomic E-state index is 0.105. The minimum atomic E-state index is -0.259. The third kappa shape index (κ3) is 5.00. The van der Waals surface area contributed by atoms with E-state index in [4.69, 9.17) is 4.74 Å². The Morgan fingerprint density at radius 1 is 1.04 bits per heavy atom. The SMILES string of the molecule is CC(=O)N1CCN(c2ccc(C(=O)Nc3ccc(OC(C)C)cc3)nc2)CC1.